The van der Waals surface area contributed by atoms with Crippen molar-refractivity contribution in [3.05, 3.63) is 60.7 Å². The first-order valence-corrected chi connectivity index (χ1v) is 6.53. The van der Waals surface area contributed by atoms with Gasteiger partial charge in [0.1, 0.15) is 11.5 Å². The first kappa shape index (κ1) is 12.5. The van der Waals surface area contributed by atoms with Gasteiger partial charge in [-0.2, -0.15) is 0 Å². The Kier molecular flexibility index (Phi) is 3.30. The standard InChI is InChI=1S/C18H16O2/c1-19-15-9-3-8-14(12-15)16-10-4-6-13-7-5-11-17(20-2)18(13)16/h3-12H,1-2H3. The van der Waals surface area contributed by atoms with Gasteiger partial charge in [-0.25, -0.2) is 0 Å². The number of ether oxygens (including phenoxy) is 2. The number of methoxy groups -OCH3 is 2. The minimum absolute atomic E-state index is 0.856. The van der Waals surface area contributed by atoms with Crippen LogP contribution >= 0.6 is 0 Å². The molecule has 3 rings (SSSR count). The maximum atomic E-state index is 5.51. The molecule has 100 valence electrons. The molecule has 2 heteroatoms. The van der Waals surface area contributed by atoms with Crippen molar-refractivity contribution in [2.45, 2.75) is 0 Å². The van der Waals surface area contributed by atoms with Crippen LogP contribution in [0.15, 0.2) is 60.7 Å². The summed E-state index contributed by atoms with van der Waals surface area (Å²) in [6.07, 6.45) is 0. The molecule has 0 fully saturated rings. The maximum Gasteiger partial charge on any atom is 0.127 e. The molecule has 0 saturated heterocycles. The number of hydrogen-bond donors (Lipinski definition) is 0. The second-order valence-electron chi connectivity index (χ2n) is 4.60. The van der Waals surface area contributed by atoms with Crippen molar-refractivity contribution < 1.29 is 9.47 Å². The van der Waals surface area contributed by atoms with E-state index in [-0.39, 0.29) is 0 Å². The first-order chi connectivity index (χ1) is 9.83. The Labute approximate surface area is 118 Å². The van der Waals surface area contributed by atoms with E-state index in [9.17, 15) is 0 Å². The van der Waals surface area contributed by atoms with Crippen molar-refractivity contribution >= 4 is 10.8 Å². The van der Waals surface area contributed by atoms with Gasteiger partial charge in [-0.05, 0) is 34.7 Å². The van der Waals surface area contributed by atoms with Crippen LogP contribution in [-0.2, 0) is 0 Å². The Morgan fingerprint density at radius 2 is 1.50 bits per heavy atom. The first-order valence-electron chi connectivity index (χ1n) is 6.53. The second kappa shape index (κ2) is 5.25. The zero-order valence-corrected chi connectivity index (χ0v) is 11.6. The third-order valence-electron chi connectivity index (χ3n) is 3.47. The molecule has 0 saturated carbocycles. The predicted octanol–water partition coefficient (Wildman–Crippen LogP) is 4.52. The highest BCUT2D eigenvalue weighted by molar-refractivity contribution is 6.01. The molecular weight excluding hydrogens is 248 g/mol. The lowest BCUT2D eigenvalue weighted by atomic mass is 9.97. The molecule has 3 aromatic rings. The van der Waals surface area contributed by atoms with E-state index in [2.05, 4.69) is 30.3 Å². The third-order valence-corrected chi connectivity index (χ3v) is 3.47. The van der Waals surface area contributed by atoms with Crippen LogP contribution in [0.25, 0.3) is 21.9 Å². The van der Waals surface area contributed by atoms with Crippen LogP contribution in [0.4, 0.5) is 0 Å². The summed E-state index contributed by atoms with van der Waals surface area (Å²) < 4.78 is 10.8. The molecule has 0 aliphatic heterocycles. The topological polar surface area (TPSA) is 18.5 Å². The normalized spacial score (nSPS) is 10.5. The second-order valence-corrected chi connectivity index (χ2v) is 4.60. The minimum atomic E-state index is 0.856. The summed E-state index contributed by atoms with van der Waals surface area (Å²) in [7, 11) is 3.39. The van der Waals surface area contributed by atoms with Gasteiger partial charge in [0.25, 0.3) is 0 Å². The molecule has 0 unspecified atom stereocenters. The largest absolute Gasteiger partial charge is 0.497 e. The molecule has 0 atom stereocenters. The zero-order chi connectivity index (χ0) is 13.9. The SMILES string of the molecule is COc1cccc(-c2cccc3cccc(OC)c23)c1. The fraction of sp³-hybridized carbons (Fsp3) is 0.111. The van der Waals surface area contributed by atoms with Gasteiger partial charge in [0.2, 0.25) is 0 Å². The molecule has 0 aliphatic carbocycles. The van der Waals surface area contributed by atoms with Crippen LogP contribution in [0.5, 0.6) is 11.5 Å². The molecule has 3 aromatic carbocycles. The molecule has 0 aliphatic rings. The van der Waals surface area contributed by atoms with Crippen molar-refractivity contribution in [2.24, 2.45) is 0 Å². The highest BCUT2D eigenvalue weighted by Crippen LogP contribution is 2.36. The van der Waals surface area contributed by atoms with Gasteiger partial charge >= 0.3 is 0 Å². The number of benzene rings is 3. The third kappa shape index (κ3) is 2.10. The summed E-state index contributed by atoms with van der Waals surface area (Å²) in [4.78, 5) is 0. The van der Waals surface area contributed by atoms with Crippen molar-refractivity contribution in [1.82, 2.24) is 0 Å². The van der Waals surface area contributed by atoms with E-state index in [4.69, 9.17) is 9.47 Å². The van der Waals surface area contributed by atoms with Gasteiger partial charge in [0.05, 0.1) is 14.2 Å². The van der Waals surface area contributed by atoms with Crippen LogP contribution in [0.1, 0.15) is 0 Å². The lowest BCUT2D eigenvalue weighted by molar-refractivity contribution is 0.415. The van der Waals surface area contributed by atoms with E-state index < -0.39 is 0 Å². The number of fused-ring (bicyclic) bond motifs is 1. The Morgan fingerprint density at radius 3 is 2.25 bits per heavy atom. The Balaban J connectivity index is 2.30. The molecule has 2 nitrogen and oxygen atoms in total. The highest BCUT2D eigenvalue weighted by Gasteiger charge is 2.09. The molecule has 0 aromatic heterocycles. The summed E-state index contributed by atoms with van der Waals surface area (Å²) in [6.45, 7) is 0. The monoisotopic (exact) mass is 264 g/mol. The average Bonchev–Trinajstić information content (AvgIpc) is 2.53. The smallest absolute Gasteiger partial charge is 0.127 e. The van der Waals surface area contributed by atoms with E-state index in [1.54, 1.807) is 14.2 Å². The summed E-state index contributed by atoms with van der Waals surface area (Å²) in [5.74, 6) is 1.75. The van der Waals surface area contributed by atoms with E-state index in [0.29, 0.717) is 0 Å². The van der Waals surface area contributed by atoms with Gasteiger partial charge in [0.15, 0.2) is 0 Å². The van der Waals surface area contributed by atoms with Crippen LogP contribution in [-0.4, -0.2) is 14.2 Å². The molecular formula is C18H16O2. The van der Waals surface area contributed by atoms with Crippen molar-refractivity contribution in [3.63, 3.8) is 0 Å². The van der Waals surface area contributed by atoms with Gasteiger partial charge in [-0.15, -0.1) is 0 Å². The molecule has 0 radical (unpaired) electrons. The van der Waals surface area contributed by atoms with Crippen molar-refractivity contribution in [1.29, 1.82) is 0 Å². The fourth-order valence-electron chi connectivity index (χ4n) is 2.51. The van der Waals surface area contributed by atoms with Crippen LogP contribution < -0.4 is 9.47 Å². The summed E-state index contributed by atoms with van der Waals surface area (Å²) in [6, 6.07) is 20.5. The van der Waals surface area contributed by atoms with Crippen LogP contribution in [0.2, 0.25) is 0 Å². The quantitative estimate of drug-likeness (QED) is 0.692. The zero-order valence-electron chi connectivity index (χ0n) is 11.6. The molecule has 0 N–H and O–H groups in total. The molecule has 0 amide bonds. The Morgan fingerprint density at radius 1 is 0.750 bits per heavy atom. The molecule has 0 bridgehead atoms. The van der Waals surface area contributed by atoms with Crippen LogP contribution in [0.3, 0.4) is 0 Å². The average molecular weight is 264 g/mol. The van der Waals surface area contributed by atoms with Gasteiger partial charge in [-0.3, -0.25) is 0 Å². The van der Waals surface area contributed by atoms with E-state index in [0.717, 1.165) is 28.0 Å². The lowest BCUT2D eigenvalue weighted by Gasteiger charge is -2.11. The van der Waals surface area contributed by atoms with Crippen molar-refractivity contribution in [3.8, 4) is 22.6 Å². The Bertz CT molecular complexity index is 742. The van der Waals surface area contributed by atoms with E-state index in [1.165, 1.54) is 5.39 Å². The fourth-order valence-corrected chi connectivity index (χ4v) is 2.51. The highest BCUT2D eigenvalue weighted by atomic mass is 16.5. The molecule has 0 heterocycles. The van der Waals surface area contributed by atoms with Crippen LogP contribution in [0, 0.1) is 0 Å². The van der Waals surface area contributed by atoms with Gasteiger partial charge in [-0.1, -0.05) is 42.5 Å². The summed E-state index contributed by atoms with van der Waals surface area (Å²) in [5.41, 5.74) is 2.28. The molecule has 20 heavy (non-hydrogen) atoms. The lowest BCUT2D eigenvalue weighted by Crippen LogP contribution is -1.89. The predicted molar refractivity (Wildman–Crippen MR) is 82.5 cm³/mol. The van der Waals surface area contributed by atoms with E-state index >= 15 is 0 Å². The van der Waals surface area contributed by atoms with Crippen molar-refractivity contribution in [2.75, 3.05) is 14.2 Å². The number of rotatable bonds is 3. The van der Waals surface area contributed by atoms with Gasteiger partial charge < -0.3 is 9.47 Å². The summed E-state index contributed by atoms with van der Waals surface area (Å²) >= 11 is 0. The maximum absolute atomic E-state index is 5.51. The molecule has 0 spiro atoms. The summed E-state index contributed by atoms with van der Waals surface area (Å²) in [5, 5.41) is 2.30. The Hall–Kier alpha value is -2.48. The minimum Gasteiger partial charge on any atom is -0.497 e. The van der Waals surface area contributed by atoms with E-state index in [1.807, 2.05) is 30.3 Å². The number of hydrogen-bond acceptors (Lipinski definition) is 2. The van der Waals surface area contributed by atoms with Gasteiger partial charge in [0, 0.05) is 5.39 Å².